The van der Waals surface area contributed by atoms with Crippen LogP contribution in [0.3, 0.4) is 0 Å². The molecule has 1 N–H and O–H groups in total. The Morgan fingerprint density at radius 3 is 2.43 bits per heavy atom. The third-order valence-electron chi connectivity index (χ3n) is 4.67. The van der Waals surface area contributed by atoms with Gasteiger partial charge in [0.1, 0.15) is 11.6 Å². The molecule has 0 amide bonds. The Balaban J connectivity index is 1.81. The number of hydrogen-bond acceptors (Lipinski definition) is 2. The maximum absolute atomic E-state index is 5.51. The number of nitrogens with zero attached hydrogens (tertiary/aromatic N) is 1. The molecular weight excluding hydrogens is 344 g/mol. The van der Waals surface area contributed by atoms with Crippen LogP contribution in [0.25, 0.3) is 33.5 Å². The lowest BCUT2D eigenvalue weighted by molar-refractivity contribution is 0.416. The van der Waals surface area contributed by atoms with Crippen molar-refractivity contribution in [3.8, 4) is 28.3 Å². The van der Waals surface area contributed by atoms with Gasteiger partial charge in [-0.25, -0.2) is 4.98 Å². The Morgan fingerprint density at radius 2 is 1.64 bits per heavy atom. The zero-order valence-electron chi connectivity index (χ0n) is 16.8. The Bertz CT molecular complexity index is 1120. The first kappa shape index (κ1) is 18.3. The molecule has 3 heteroatoms. The van der Waals surface area contributed by atoms with Crippen LogP contribution in [0, 0.1) is 11.8 Å². The molecule has 28 heavy (non-hydrogen) atoms. The zero-order valence-corrected chi connectivity index (χ0v) is 16.8. The van der Waals surface area contributed by atoms with Crippen LogP contribution in [-0.2, 0) is 0 Å². The first-order chi connectivity index (χ1) is 13.4. The summed E-state index contributed by atoms with van der Waals surface area (Å²) in [5.74, 6) is 1.63. The number of aromatic nitrogens is 2. The van der Waals surface area contributed by atoms with E-state index in [1.165, 1.54) is 11.1 Å². The van der Waals surface area contributed by atoms with Crippen LogP contribution in [0.2, 0.25) is 0 Å². The molecule has 0 aliphatic rings. The molecule has 0 fully saturated rings. The fraction of sp³-hybridized carbons (Fsp3) is 0.200. The summed E-state index contributed by atoms with van der Waals surface area (Å²) < 4.78 is 5.51. The van der Waals surface area contributed by atoms with Crippen LogP contribution in [0.15, 0.2) is 66.7 Å². The summed E-state index contributed by atoms with van der Waals surface area (Å²) >= 11 is 0. The molecule has 3 aromatic carbocycles. The average molecular weight is 369 g/mol. The molecule has 141 valence electrons. The molecule has 0 unspecified atom stereocenters. The second kappa shape index (κ2) is 7.16. The molecular formula is C25H25N2O. The van der Waals surface area contributed by atoms with Gasteiger partial charge in [0, 0.05) is 5.56 Å². The zero-order chi connectivity index (χ0) is 19.7. The van der Waals surface area contributed by atoms with Crippen molar-refractivity contribution >= 4 is 11.0 Å². The molecule has 1 radical (unpaired) electrons. The lowest BCUT2D eigenvalue weighted by Gasteiger charge is -2.18. The van der Waals surface area contributed by atoms with Gasteiger partial charge < -0.3 is 9.72 Å². The Morgan fingerprint density at radius 1 is 0.893 bits per heavy atom. The van der Waals surface area contributed by atoms with E-state index in [1.54, 1.807) is 7.11 Å². The highest BCUT2D eigenvalue weighted by Gasteiger charge is 2.15. The van der Waals surface area contributed by atoms with Gasteiger partial charge in [-0.2, -0.15) is 0 Å². The second-order valence-corrected chi connectivity index (χ2v) is 8.12. The molecule has 0 aliphatic carbocycles. The smallest absolute Gasteiger partial charge is 0.142 e. The normalized spacial score (nSPS) is 11.7. The van der Waals surface area contributed by atoms with E-state index in [-0.39, 0.29) is 5.41 Å². The SMILES string of the molecule is COc1ccccc1-c1nc2c(-c3cccc([CH]C(C)(C)C)c3)cccc2[nH]1. The van der Waals surface area contributed by atoms with Gasteiger partial charge in [0.2, 0.25) is 0 Å². The monoisotopic (exact) mass is 369 g/mol. The maximum atomic E-state index is 5.51. The molecule has 4 rings (SSSR count). The topological polar surface area (TPSA) is 37.9 Å². The van der Waals surface area contributed by atoms with Crippen LogP contribution < -0.4 is 4.74 Å². The van der Waals surface area contributed by atoms with Crippen LogP contribution in [0.4, 0.5) is 0 Å². The van der Waals surface area contributed by atoms with Crippen molar-refractivity contribution in [2.24, 2.45) is 5.41 Å². The van der Waals surface area contributed by atoms with E-state index < -0.39 is 0 Å². The third kappa shape index (κ3) is 3.65. The fourth-order valence-corrected chi connectivity index (χ4v) is 3.53. The number of imidazole rings is 1. The van der Waals surface area contributed by atoms with Crippen LogP contribution in [0.5, 0.6) is 5.75 Å². The van der Waals surface area contributed by atoms with Crippen molar-refractivity contribution in [1.82, 2.24) is 9.97 Å². The van der Waals surface area contributed by atoms with Gasteiger partial charge in [0.05, 0.1) is 23.7 Å². The molecule has 0 aliphatic heterocycles. The first-order valence-corrected chi connectivity index (χ1v) is 9.53. The summed E-state index contributed by atoms with van der Waals surface area (Å²) in [5.41, 5.74) is 6.60. The summed E-state index contributed by atoms with van der Waals surface area (Å²) in [6.07, 6.45) is 2.29. The van der Waals surface area contributed by atoms with E-state index in [2.05, 4.69) is 74.6 Å². The number of aromatic amines is 1. The van der Waals surface area contributed by atoms with Gasteiger partial charge in [0.25, 0.3) is 0 Å². The van der Waals surface area contributed by atoms with Gasteiger partial charge in [0.15, 0.2) is 0 Å². The minimum Gasteiger partial charge on any atom is -0.496 e. The first-order valence-electron chi connectivity index (χ1n) is 9.53. The van der Waals surface area contributed by atoms with Gasteiger partial charge in [-0.15, -0.1) is 0 Å². The molecule has 4 aromatic rings. The molecule has 1 heterocycles. The molecule has 0 bridgehead atoms. The summed E-state index contributed by atoms with van der Waals surface area (Å²) in [4.78, 5) is 8.38. The standard InChI is InChI=1S/C25H25N2O/c1-25(2,3)16-17-9-7-10-18(15-17)19-12-8-13-21-23(19)27-24(26-21)20-11-5-6-14-22(20)28-4/h5-16H,1-4H3,(H,26,27). The number of rotatable bonds is 4. The maximum Gasteiger partial charge on any atom is 0.142 e. The van der Waals surface area contributed by atoms with Crippen molar-refractivity contribution in [2.45, 2.75) is 20.8 Å². The summed E-state index contributed by atoms with van der Waals surface area (Å²) in [5, 5.41) is 0. The molecule has 1 aromatic heterocycles. The van der Waals surface area contributed by atoms with Gasteiger partial charge in [-0.05, 0) is 41.2 Å². The molecule has 0 spiro atoms. The third-order valence-corrected chi connectivity index (χ3v) is 4.67. The van der Waals surface area contributed by atoms with Crippen LogP contribution in [0.1, 0.15) is 26.3 Å². The van der Waals surface area contributed by atoms with Crippen LogP contribution in [-0.4, -0.2) is 17.1 Å². The van der Waals surface area contributed by atoms with E-state index in [9.17, 15) is 0 Å². The number of H-pyrrole nitrogens is 1. The van der Waals surface area contributed by atoms with Gasteiger partial charge in [-0.3, -0.25) is 0 Å². The van der Waals surface area contributed by atoms with E-state index in [0.29, 0.717) is 0 Å². The highest BCUT2D eigenvalue weighted by Crippen LogP contribution is 2.34. The highest BCUT2D eigenvalue weighted by molar-refractivity contribution is 5.94. The Labute approximate surface area is 166 Å². The predicted octanol–water partition coefficient (Wildman–Crippen LogP) is 6.50. The highest BCUT2D eigenvalue weighted by atomic mass is 16.5. The van der Waals surface area contributed by atoms with Crippen molar-refractivity contribution in [2.75, 3.05) is 7.11 Å². The van der Waals surface area contributed by atoms with Crippen molar-refractivity contribution < 1.29 is 4.74 Å². The van der Waals surface area contributed by atoms with Crippen molar-refractivity contribution in [3.05, 3.63) is 78.7 Å². The van der Waals surface area contributed by atoms with Gasteiger partial charge in [-0.1, -0.05) is 69.3 Å². The molecule has 0 saturated heterocycles. The van der Waals surface area contributed by atoms with Crippen LogP contribution >= 0.6 is 0 Å². The molecule has 0 atom stereocenters. The lowest BCUT2D eigenvalue weighted by atomic mass is 9.87. The summed E-state index contributed by atoms with van der Waals surface area (Å²) in [6, 6.07) is 22.8. The number of ether oxygens (including phenoxy) is 1. The van der Waals surface area contributed by atoms with E-state index in [1.807, 2.05) is 24.3 Å². The molecule has 0 saturated carbocycles. The predicted molar refractivity (Wildman–Crippen MR) is 116 cm³/mol. The average Bonchev–Trinajstić information content (AvgIpc) is 3.11. The Kier molecular flexibility index (Phi) is 4.68. The lowest BCUT2D eigenvalue weighted by Crippen LogP contribution is -2.06. The number of methoxy groups -OCH3 is 1. The Hall–Kier alpha value is -3.07. The number of nitrogens with one attached hydrogen (secondary N) is 1. The van der Waals surface area contributed by atoms with E-state index >= 15 is 0 Å². The van der Waals surface area contributed by atoms with Gasteiger partial charge >= 0.3 is 0 Å². The van der Waals surface area contributed by atoms with E-state index in [0.717, 1.165) is 33.7 Å². The van der Waals surface area contributed by atoms with E-state index in [4.69, 9.17) is 9.72 Å². The fourth-order valence-electron chi connectivity index (χ4n) is 3.53. The van der Waals surface area contributed by atoms with Crippen molar-refractivity contribution in [3.63, 3.8) is 0 Å². The number of para-hydroxylation sites is 2. The number of fused-ring (bicyclic) bond motifs is 1. The summed E-state index contributed by atoms with van der Waals surface area (Å²) in [6.45, 7) is 6.65. The molecule has 3 nitrogen and oxygen atoms in total. The largest absolute Gasteiger partial charge is 0.496 e. The quantitative estimate of drug-likeness (QED) is 0.445. The minimum atomic E-state index is 0.133. The number of hydrogen-bond donors (Lipinski definition) is 1. The minimum absolute atomic E-state index is 0.133. The number of benzene rings is 3. The van der Waals surface area contributed by atoms with Crippen molar-refractivity contribution in [1.29, 1.82) is 0 Å². The summed E-state index contributed by atoms with van der Waals surface area (Å²) in [7, 11) is 1.68. The second-order valence-electron chi connectivity index (χ2n) is 8.12.